The van der Waals surface area contributed by atoms with E-state index in [4.69, 9.17) is 0 Å². The average Bonchev–Trinajstić information content (AvgIpc) is 2.41. The third-order valence-corrected chi connectivity index (χ3v) is 3.39. The summed E-state index contributed by atoms with van der Waals surface area (Å²) < 4.78 is 13.6. The Balaban J connectivity index is 2.08. The molecule has 0 amide bonds. The normalized spacial score (nSPS) is 14.0. The fourth-order valence-electron chi connectivity index (χ4n) is 2.27. The lowest BCUT2D eigenvalue weighted by Crippen LogP contribution is -2.31. The molecular formula is C17H20FNO. The molecule has 0 saturated heterocycles. The summed E-state index contributed by atoms with van der Waals surface area (Å²) in [6.45, 7) is 3.79. The van der Waals surface area contributed by atoms with Crippen molar-refractivity contribution >= 4 is 0 Å². The van der Waals surface area contributed by atoms with E-state index in [1.807, 2.05) is 18.3 Å². The van der Waals surface area contributed by atoms with Crippen LogP contribution in [0.1, 0.15) is 30.7 Å². The lowest BCUT2D eigenvalue weighted by molar-refractivity contribution is 0.0589. The summed E-state index contributed by atoms with van der Waals surface area (Å²) in [4.78, 5) is 4.35. The van der Waals surface area contributed by atoms with Gasteiger partial charge in [0.1, 0.15) is 5.82 Å². The molecule has 2 aromatic rings. The van der Waals surface area contributed by atoms with Crippen LogP contribution in [0.4, 0.5) is 4.39 Å². The van der Waals surface area contributed by atoms with E-state index in [0.29, 0.717) is 12.0 Å². The van der Waals surface area contributed by atoms with Crippen molar-refractivity contribution in [2.24, 2.45) is 0 Å². The Morgan fingerprint density at radius 1 is 1.15 bits per heavy atom. The van der Waals surface area contributed by atoms with Crippen molar-refractivity contribution in [3.05, 3.63) is 65.2 Å². The molecule has 0 bridgehead atoms. The van der Waals surface area contributed by atoms with Gasteiger partial charge in [0.25, 0.3) is 0 Å². The van der Waals surface area contributed by atoms with Crippen molar-refractivity contribution in [1.29, 1.82) is 0 Å². The topological polar surface area (TPSA) is 33.1 Å². The highest BCUT2D eigenvalue weighted by Crippen LogP contribution is 2.20. The maximum Gasteiger partial charge on any atom is 0.126 e. The van der Waals surface area contributed by atoms with Crippen molar-refractivity contribution in [2.45, 2.75) is 38.7 Å². The predicted molar refractivity (Wildman–Crippen MR) is 78.0 cm³/mol. The molecule has 0 aliphatic heterocycles. The third-order valence-electron chi connectivity index (χ3n) is 3.39. The number of nitrogens with zero attached hydrogens (tertiary/aromatic N) is 1. The van der Waals surface area contributed by atoms with E-state index >= 15 is 0 Å². The van der Waals surface area contributed by atoms with Gasteiger partial charge >= 0.3 is 0 Å². The summed E-state index contributed by atoms with van der Waals surface area (Å²) in [5.74, 6) is -0.276. The van der Waals surface area contributed by atoms with E-state index in [2.05, 4.69) is 11.9 Å². The minimum atomic E-state index is -1.01. The van der Waals surface area contributed by atoms with Crippen LogP contribution in [0.15, 0.2) is 42.6 Å². The number of aryl methyl sites for hydroxylation is 1. The second-order valence-corrected chi connectivity index (χ2v) is 5.45. The van der Waals surface area contributed by atoms with Gasteiger partial charge < -0.3 is 5.11 Å². The minimum Gasteiger partial charge on any atom is -0.389 e. The van der Waals surface area contributed by atoms with Crippen molar-refractivity contribution in [1.82, 2.24) is 4.98 Å². The standard InChI is InChI=1S/C17H20FNO/c1-3-13-8-9-15(19-12-13)11-17(2,20)10-14-6-4-5-7-16(14)18/h4-9,12,20H,3,10-11H2,1-2H3. The van der Waals surface area contributed by atoms with Crippen LogP contribution < -0.4 is 0 Å². The van der Waals surface area contributed by atoms with Crippen LogP contribution in [-0.4, -0.2) is 15.7 Å². The smallest absolute Gasteiger partial charge is 0.126 e. The van der Waals surface area contributed by atoms with E-state index < -0.39 is 5.60 Å². The minimum absolute atomic E-state index is 0.275. The Labute approximate surface area is 119 Å². The molecule has 0 aliphatic carbocycles. The van der Waals surface area contributed by atoms with Crippen LogP contribution in [-0.2, 0) is 19.3 Å². The molecule has 2 rings (SSSR count). The number of hydrogen-bond donors (Lipinski definition) is 1. The van der Waals surface area contributed by atoms with Gasteiger partial charge in [0.05, 0.1) is 5.60 Å². The molecule has 106 valence electrons. The molecule has 1 aromatic carbocycles. The molecule has 2 nitrogen and oxygen atoms in total. The molecule has 1 unspecified atom stereocenters. The zero-order valence-corrected chi connectivity index (χ0v) is 11.9. The first-order valence-electron chi connectivity index (χ1n) is 6.90. The first kappa shape index (κ1) is 14.7. The zero-order valence-electron chi connectivity index (χ0n) is 11.9. The first-order valence-corrected chi connectivity index (χ1v) is 6.90. The van der Waals surface area contributed by atoms with Crippen LogP contribution in [0.25, 0.3) is 0 Å². The van der Waals surface area contributed by atoms with E-state index in [0.717, 1.165) is 12.1 Å². The lowest BCUT2D eigenvalue weighted by Gasteiger charge is -2.23. The molecule has 0 radical (unpaired) electrons. The molecule has 1 atom stereocenters. The summed E-state index contributed by atoms with van der Waals surface area (Å²) in [5, 5.41) is 10.5. The molecule has 1 heterocycles. The maximum absolute atomic E-state index is 13.6. The van der Waals surface area contributed by atoms with Crippen molar-refractivity contribution in [2.75, 3.05) is 0 Å². The fraction of sp³-hybridized carbons (Fsp3) is 0.353. The molecular weight excluding hydrogens is 253 g/mol. The van der Waals surface area contributed by atoms with Gasteiger partial charge in [0.15, 0.2) is 0 Å². The van der Waals surface area contributed by atoms with Crippen LogP contribution >= 0.6 is 0 Å². The van der Waals surface area contributed by atoms with Crippen molar-refractivity contribution < 1.29 is 9.50 Å². The second kappa shape index (κ2) is 6.14. The quantitative estimate of drug-likeness (QED) is 0.906. The van der Waals surface area contributed by atoms with Crippen LogP contribution in [0.5, 0.6) is 0 Å². The molecule has 0 saturated carbocycles. The van der Waals surface area contributed by atoms with E-state index in [1.165, 1.54) is 11.6 Å². The first-order chi connectivity index (χ1) is 9.50. The SMILES string of the molecule is CCc1ccc(CC(C)(O)Cc2ccccc2F)nc1. The predicted octanol–water partition coefficient (Wildman–Crippen LogP) is 3.32. The van der Waals surface area contributed by atoms with Gasteiger partial charge in [-0.3, -0.25) is 4.98 Å². The Morgan fingerprint density at radius 3 is 2.50 bits per heavy atom. The highest BCUT2D eigenvalue weighted by Gasteiger charge is 2.23. The number of aromatic nitrogens is 1. The molecule has 0 fully saturated rings. The van der Waals surface area contributed by atoms with Gasteiger partial charge in [-0.25, -0.2) is 4.39 Å². The largest absolute Gasteiger partial charge is 0.389 e. The fourth-order valence-corrected chi connectivity index (χ4v) is 2.27. The molecule has 0 spiro atoms. The number of benzene rings is 1. The highest BCUT2D eigenvalue weighted by atomic mass is 19.1. The molecule has 1 N–H and O–H groups in total. The average molecular weight is 273 g/mol. The molecule has 0 aliphatic rings. The Bertz CT molecular complexity index is 563. The van der Waals surface area contributed by atoms with Gasteiger partial charge in [-0.05, 0) is 36.6 Å². The third kappa shape index (κ3) is 3.87. The van der Waals surface area contributed by atoms with Gasteiger partial charge in [0.2, 0.25) is 0 Å². The number of halogens is 1. The Morgan fingerprint density at radius 2 is 1.90 bits per heavy atom. The number of aliphatic hydroxyl groups is 1. The Hall–Kier alpha value is -1.74. The molecule has 1 aromatic heterocycles. The monoisotopic (exact) mass is 273 g/mol. The van der Waals surface area contributed by atoms with Gasteiger partial charge in [-0.1, -0.05) is 31.2 Å². The highest BCUT2D eigenvalue weighted by molar-refractivity contribution is 5.21. The molecule has 20 heavy (non-hydrogen) atoms. The second-order valence-electron chi connectivity index (χ2n) is 5.45. The summed E-state index contributed by atoms with van der Waals surface area (Å²) in [6.07, 6.45) is 3.45. The van der Waals surface area contributed by atoms with Crippen LogP contribution in [0.2, 0.25) is 0 Å². The summed E-state index contributed by atoms with van der Waals surface area (Å²) in [7, 11) is 0. The van der Waals surface area contributed by atoms with Gasteiger partial charge in [0, 0.05) is 24.7 Å². The van der Waals surface area contributed by atoms with Gasteiger partial charge in [-0.2, -0.15) is 0 Å². The summed E-state index contributed by atoms with van der Waals surface area (Å²) in [5.41, 5.74) is 1.51. The van der Waals surface area contributed by atoms with Crippen LogP contribution in [0, 0.1) is 5.82 Å². The molecule has 3 heteroatoms. The van der Waals surface area contributed by atoms with Crippen LogP contribution in [0.3, 0.4) is 0 Å². The van der Waals surface area contributed by atoms with Gasteiger partial charge in [-0.15, -0.1) is 0 Å². The van der Waals surface area contributed by atoms with Crippen molar-refractivity contribution in [3.63, 3.8) is 0 Å². The van der Waals surface area contributed by atoms with E-state index in [9.17, 15) is 9.50 Å². The van der Waals surface area contributed by atoms with Crippen molar-refractivity contribution in [3.8, 4) is 0 Å². The zero-order chi connectivity index (χ0) is 14.6. The lowest BCUT2D eigenvalue weighted by atomic mass is 9.91. The Kier molecular flexibility index (Phi) is 4.50. The van der Waals surface area contributed by atoms with E-state index in [-0.39, 0.29) is 12.2 Å². The summed E-state index contributed by atoms with van der Waals surface area (Å²) in [6, 6.07) is 10.5. The number of pyridine rings is 1. The summed E-state index contributed by atoms with van der Waals surface area (Å²) >= 11 is 0. The van der Waals surface area contributed by atoms with E-state index in [1.54, 1.807) is 25.1 Å². The maximum atomic E-state index is 13.6. The number of rotatable bonds is 5. The number of hydrogen-bond acceptors (Lipinski definition) is 2.